The molecule has 3 aromatic rings. The number of carbonyl (C=O) groups is 2. The van der Waals surface area contributed by atoms with Crippen LogP contribution in [0.2, 0.25) is 0 Å². The highest BCUT2D eigenvalue weighted by molar-refractivity contribution is 5.92. The third-order valence-corrected chi connectivity index (χ3v) is 8.19. The van der Waals surface area contributed by atoms with Crippen LogP contribution in [0.4, 0.5) is 0 Å². The quantitative estimate of drug-likeness (QED) is 0.269. The fourth-order valence-corrected chi connectivity index (χ4v) is 5.96. The number of ether oxygens (including phenoxy) is 2. The molecule has 41 heavy (non-hydrogen) atoms. The van der Waals surface area contributed by atoms with E-state index in [0.29, 0.717) is 18.9 Å². The number of hydrogen-bond acceptors (Lipinski definition) is 5. The van der Waals surface area contributed by atoms with Crippen LogP contribution in [0, 0.1) is 0 Å². The van der Waals surface area contributed by atoms with Crippen LogP contribution in [-0.4, -0.2) is 67.6 Å². The molecule has 0 radical (unpaired) electrons. The lowest BCUT2D eigenvalue weighted by atomic mass is 9.70. The lowest BCUT2D eigenvalue weighted by Crippen LogP contribution is -2.47. The molecular weight excluding hydrogens is 512 g/mol. The molecule has 1 fully saturated rings. The van der Waals surface area contributed by atoms with Gasteiger partial charge in [-0.2, -0.15) is 0 Å². The molecule has 0 N–H and O–H groups in total. The first-order valence-corrected chi connectivity index (χ1v) is 14.7. The van der Waals surface area contributed by atoms with Gasteiger partial charge >= 0.3 is 5.97 Å². The molecule has 1 aliphatic rings. The molecule has 0 bridgehead atoms. The lowest BCUT2D eigenvalue weighted by Gasteiger charge is -2.39. The molecule has 3 aromatic carbocycles. The normalized spacial score (nSPS) is 14.9. The van der Waals surface area contributed by atoms with Gasteiger partial charge in [0.25, 0.3) is 0 Å². The highest BCUT2D eigenvalue weighted by Crippen LogP contribution is 2.39. The molecule has 1 aliphatic heterocycles. The van der Waals surface area contributed by atoms with Gasteiger partial charge in [-0.25, -0.2) is 4.79 Å². The molecule has 4 rings (SSSR count). The zero-order valence-corrected chi connectivity index (χ0v) is 25.1. The van der Waals surface area contributed by atoms with E-state index in [4.69, 9.17) is 9.47 Å². The Kier molecular flexibility index (Phi) is 9.87. The molecule has 0 atom stereocenters. The van der Waals surface area contributed by atoms with Crippen molar-refractivity contribution in [1.29, 1.82) is 0 Å². The van der Waals surface area contributed by atoms with E-state index in [1.54, 1.807) is 25.7 Å². The van der Waals surface area contributed by atoms with Crippen LogP contribution >= 0.6 is 0 Å². The molecule has 6 nitrogen and oxygen atoms in total. The van der Waals surface area contributed by atoms with Crippen LogP contribution in [0.15, 0.2) is 84.9 Å². The van der Waals surface area contributed by atoms with Crippen molar-refractivity contribution < 1.29 is 19.1 Å². The number of hydrogen-bond donors (Lipinski definition) is 0. The maximum atomic E-state index is 14.0. The summed E-state index contributed by atoms with van der Waals surface area (Å²) >= 11 is 0. The Bertz CT molecular complexity index is 1240. The monoisotopic (exact) mass is 556 g/mol. The third kappa shape index (κ3) is 6.82. The first kappa shape index (κ1) is 30.3. The second-order valence-electron chi connectivity index (χ2n) is 11.6. The minimum atomic E-state index is -1.07. The molecule has 1 heterocycles. The highest BCUT2D eigenvalue weighted by atomic mass is 16.6. The summed E-state index contributed by atoms with van der Waals surface area (Å²) in [6, 6.07) is 28.4. The average molecular weight is 557 g/mol. The summed E-state index contributed by atoms with van der Waals surface area (Å²) in [6.45, 7) is 8.30. The van der Waals surface area contributed by atoms with Crippen molar-refractivity contribution in [2.45, 2.75) is 57.0 Å². The number of amides is 1. The van der Waals surface area contributed by atoms with Crippen molar-refractivity contribution in [3.8, 4) is 5.75 Å². The number of likely N-dealkylation sites (tertiary alicyclic amines) is 1. The van der Waals surface area contributed by atoms with Gasteiger partial charge in [-0.05, 0) is 88.3 Å². The molecule has 1 saturated heterocycles. The minimum Gasteiger partial charge on any atom is -0.476 e. The fraction of sp³-hybridized carbons (Fsp3) is 0.429. The van der Waals surface area contributed by atoms with Crippen molar-refractivity contribution >= 4 is 11.9 Å². The third-order valence-electron chi connectivity index (χ3n) is 8.19. The smallest absolute Gasteiger partial charge is 0.349 e. The second kappa shape index (κ2) is 13.3. The Morgan fingerprint density at radius 2 is 1.39 bits per heavy atom. The number of nitrogens with zero attached hydrogens (tertiary/aromatic N) is 2. The number of piperidine rings is 1. The lowest BCUT2D eigenvalue weighted by molar-refractivity contribution is -0.158. The summed E-state index contributed by atoms with van der Waals surface area (Å²) in [5.74, 6) is 0.807. The molecule has 6 heteroatoms. The van der Waals surface area contributed by atoms with Gasteiger partial charge < -0.3 is 19.3 Å². The van der Waals surface area contributed by atoms with Gasteiger partial charge in [-0.15, -0.1) is 0 Å². The highest BCUT2D eigenvalue weighted by Gasteiger charge is 2.43. The Morgan fingerprint density at radius 1 is 0.854 bits per heavy atom. The predicted octanol–water partition coefficient (Wildman–Crippen LogP) is 6.05. The Morgan fingerprint density at radius 3 is 1.93 bits per heavy atom. The predicted molar refractivity (Wildman–Crippen MR) is 163 cm³/mol. The Hall–Kier alpha value is -3.64. The zero-order valence-electron chi connectivity index (χ0n) is 25.1. The molecule has 0 saturated carbocycles. The Balaban J connectivity index is 1.50. The maximum absolute atomic E-state index is 14.0. The van der Waals surface area contributed by atoms with Crippen LogP contribution in [-0.2, 0) is 19.7 Å². The summed E-state index contributed by atoms with van der Waals surface area (Å²) < 4.78 is 11.5. The zero-order chi connectivity index (χ0) is 29.5. The van der Waals surface area contributed by atoms with Crippen molar-refractivity contribution in [1.82, 2.24) is 9.80 Å². The summed E-state index contributed by atoms with van der Waals surface area (Å²) in [6.07, 6.45) is 2.65. The second-order valence-corrected chi connectivity index (χ2v) is 11.6. The molecule has 0 aromatic heterocycles. The molecule has 218 valence electrons. The number of rotatable bonds is 11. The first-order valence-electron chi connectivity index (χ1n) is 14.7. The first-order chi connectivity index (χ1) is 19.7. The largest absolute Gasteiger partial charge is 0.476 e. The minimum absolute atomic E-state index is 0.0973. The van der Waals surface area contributed by atoms with Gasteiger partial charge in [0, 0.05) is 14.1 Å². The summed E-state index contributed by atoms with van der Waals surface area (Å²) in [5, 5.41) is 0. The number of likely N-dealkylation sites (N-methyl/N-ethyl adjacent to an activating group) is 1. The Labute approximate surface area is 245 Å². The van der Waals surface area contributed by atoms with Gasteiger partial charge in [0.05, 0.1) is 6.61 Å². The van der Waals surface area contributed by atoms with Gasteiger partial charge in [0.2, 0.25) is 5.91 Å². The number of para-hydroxylation sites is 1. The molecular formula is C35H44N2O4. The van der Waals surface area contributed by atoms with Gasteiger partial charge in [0.1, 0.15) is 11.2 Å². The van der Waals surface area contributed by atoms with E-state index < -0.39 is 11.0 Å². The van der Waals surface area contributed by atoms with Crippen molar-refractivity contribution in [2.24, 2.45) is 0 Å². The van der Waals surface area contributed by atoms with E-state index in [2.05, 4.69) is 35.2 Å². The number of esters is 1. The van der Waals surface area contributed by atoms with Gasteiger partial charge in [0.15, 0.2) is 5.60 Å². The number of benzene rings is 3. The van der Waals surface area contributed by atoms with E-state index in [0.717, 1.165) is 54.9 Å². The van der Waals surface area contributed by atoms with E-state index in [9.17, 15) is 9.59 Å². The standard InChI is InChI=1S/C35H44N2O4/c1-6-40-33(39)34(2,3)41-31-20-14-13-19-30(31)27-21-24-37(25-22-27)26-23-35(32(38)36(4)5,28-15-9-7-10-16-28)29-17-11-8-12-18-29/h7-20,27H,6,21-26H2,1-5H3. The van der Waals surface area contributed by atoms with Crippen molar-refractivity contribution in [2.75, 3.05) is 40.3 Å². The SMILES string of the molecule is CCOC(=O)C(C)(C)Oc1ccccc1C1CCN(CCC(C(=O)N(C)C)(c2ccccc2)c2ccccc2)CC1. The molecule has 0 spiro atoms. The molecule has 0 unspecified atom stereocenters. The molecule has 0 aliphatic carbocycles. The molecule has 1 amide bonds. The van der Waals surface area contributed by atoms with Crippen molar-refractivity contribution in [3.63, 3.8) is 0 Å². The van der Waals surface area contributed by atoms with Crippen LogP contribution < -0.4 is 4.74 Å². The topological polar surface area (TPSA) is 59.1 Å². The van der Waals surface area contributed by atoms with Crippen LogP contribution in [0.5, 0.6) is 5.75 Å². The van der Waals surface area contributed by atoms with E-state index in [-0.39, 0.29) is 11.9 Å². The summed E-state index contributed by atoms with van der Waals surface area (Å²) in [5.41, 5.74) is 1.35. The van der Waals surface area contributed by atoms with Gasteiger partial charge in [-0.3, -0.25) is 4.79 Å². The van der Waals surface area contributed by atoms with Crippen LogP contribution in [0.1, 0.15) is 62.6 Å². The maximum Gasteiger partial charge on any atom is 0.349 e. The van der Waals surface area contributed by atoms with E-state index >= 15 is 0 Å². The summed E-state index contributed by atoms with van der Waals surface area (Å²) in [7, 11) is 3.69. The summed E-state index contributed by atoms with van der Waals surface area (Å²) in [4.78, 5) is 30.6. The van der Waals surface area contributed by atoms with Crippen LogP contribution in [0.25, 0.3) is 0 Å². The van der Waals surface area contributed by atoms with Crippen LogP contribution in [0.3, 0.4) is 0 Å². The number of carbonyl (C=O) groups excluding carboxylic acids is 2. The van der Waals surface area contributed by atoms with E-state index in [1.165, 1.54) is 0 Å². The van der Waals surface area contributed by atoms with Gasteiger partial charge in [-0.1, -0.05) is 78.9 Å². The van der Waals surface area contributed by atoms with Crippen molar-refractivity contribution in [3.05, 3.63) is 102 Å². The van der Waals surface area contributed by atoms with E-state index in [1.807, 2.05) is 68.7 Å². The fourth-order valence-electron chi connectivity index (χ4n) is 5.96. The average Bonchev–Trinajstić information content (AvgIpc) is 2.99.